The molecule has 0 spiro atoms. The Morgan fingerprint density at radius 3 is 2.86 bits per heavy atom. The molecule has 2 aromatic carbocycles. The summed E-state index contributed by atoms with van der Waals surface area (Å²) in [5.74, 6) is 2.39. The molecule has 4 atom stereocenters. The van der Waals surface area contributed by atoms with E-state index in [0.717, 1.165) is 17.8 Å². The van der Waals surface area contributed by atoms with Gasteiger partial charge in [0.05, 0.1) is 0 Å². The molecule has 0 amide bonds. The zero-order chi connectivity index (χ0) is 19.6. The van der Waals surface area contributed by atoms with E-state index in [9.17, 15) is 0 Å². The van der Waals surface area contributed by atoms with Crippen LogP contribution in [0.25, 0.3) is 16.3 Å². The van der Waals surface area contributed by atoms with Gasteiger partial charge in [-0.05, 0) is 102 Å². The summed E-state index contributed by atoms with van der Waals surface area (Å²) in [7, 11) is 0. The number of pyridine rings is 1. The molecule has 1 heteroatoms. The minimum atomic E-state index is 0.319. The highest BCUT2D eigenvalue weighted by molar-refractivity contribution is 5.86. The van der Waals surface area contributed by atoms with Crippen LogP contribution in [0.3, 0.4) is 0 Å². The van der Waals surface area contributed by atoms with Gasteiger partial charge in [-0.25, -0.2) is 0 Å². The Labute approximate surface area is 173 Å². The van der Waals surface area contributed by atoms with Crippen LogP contribution in [0.2, 0.25) is 0 Å². The molecule has 0 bridgehead atoms. The third-order valence-electron chi connectivity index (χ3n) is 8.41. The monoisotopic (exact) mass is 379 g/mol. The standard InChI is InChI=1S/C28H29N/c1-18-3-7-23-20(15-18)6-8-25-24(23)11-13-28(2)26(9-10-27(25)28)21-5-4-19-12-14-29-17-22(19)16-21/h3-5,7,9,12,14-17,24-25,27H,6,8,10-11,13H2,1-2H3/t24-,25-,27+,28-/m1/s1. The minimum absolute atomic E-state index is 0.319. The highest BCUT2D eigenvalue weighted by atomic mass is 14.6. The number of rotatable bonds is 1. The van der Waals surface area contributed by atoms with Gasteiger partial charge in [-0.1, -0.05) is 48.9 Å². The van der Waals surface area contributed by atoms with Crippen molar-refractivity contribution in [1.82, 2.24) is 4.98 Å². The molecule has 1 aromatic heterocycles. The van der Waals surface area contributed by atoms with Gasteiger partial charge in [-0.3, -0.25) is 4.98 Å². The van der Waals surface area contributed by atoms with E-state index in [1.807, 2.05) is 12.4 Å². The molecule has 3 aromatic rings. The summed E-state index contributed by atoms with van der Waals surface area (Å²) in [6, 6.07) is 16.3. The molecule has 0 unspecified atom stereocenters. The first-order valence-electron chi connectivity index (χ1n) is 11.3. The van der Waals surface area contributed by atoms with Crippen LogP contribution < -0.4 is 0 Å². The molecule has 29 heavy (non-hydrogen) atoms. The average molecular weight is 380 g/mol. The SMILES string of the molecule is Cc1ccc2c(c1)CC[C@@H]1[C@@H]2CC[C@]2(C)C(c3ccc4ccncc4c3)=CC[C@@H]12. The van der Waals surface area contributed by atoms with Crippen molar-refractivity contribution < 1.29 is 0 Å². The fourth-order valence-electron chi connectivity index (χ4n) is 6.98. The molecule has 3 aliphatic carbocycles. The van der Waals surface area contributed by atoms with E-state index < -0.39 is 0 Å². The summed E-state index contributed by atoms with van der Waals surface area (Å²) in [6.07, 6.45) is 13.0. The number of benzene rings is 2. The second-order valence-corrected chi connectivity index (χ2v) is 9.87. The molecule has 1 heterocycles. The lowest BCUT2D eigenvalue weighted by Crippen LogP contribution is -2.40. The first-order valence-corrected chi connectivity index (χ1v) is 11.3. The summed E-state index contributed by atoms with van der Waals surface area (Å²) in [4.78, 5) is 4.34. The van der Waals surface area contributed by atoms with Gasteiger partial charge in [0.1, 0.15) is 0 Å². The molecule has 6 rings (SSSR count). The predicted octanol–water partition coefficient (Wildman–Crippen LogP) is 7.09. The molecule has 3 aliphatic rings. The maximum Gasteiger partial charge on any atom is 0.0346 e. The number of aromatic nitrogens is 1. The first kappa shape index (κ1) is 17.4. The van der Waals surface area contributed by atoms with Crippen LogP contribution in [0, 0.1) is 24.2 Å². The largest absolute Gasteiger partial charge is 0.264 e. The van der Waals surface area contributed by atoms with Crippen LogP contribution in [0.5, 0.6) is 0 Å². The smallest absolute Gasteiger partial charge is 0.0346 e. The highest BCUT2D eigenvalue weighted by Crippen LogP contribution is 2.63. The molecule has 1 saturated carbocycles. The van der Waals surface area contributed by atoms with E-state index in [-0.39, 0.29) is 0 Å². The summed E-state index contributed by atoms with van der Waals surface area (Å²) in [5, 5.41) is 2.54. The average Bonchev–Trinajstić information content (AvgIpc) is 3.10. The van der Waals surface area contributed by atoms with Gasteiger partial charge in [0.15, 0.2) is 0 Å². The van der Waals surface area contributed by atoms with Crippen LogP contribution in [0.1, 0.15) is 60.8 Å². The van der Waals surface area contributed by atoms with Crippen LogP contribution in [-0.4, -0.2) is 4.98 Å². The number of hydrogen-bond donors (Lipinski definition) is 0. The van der Waals surface area contributed by atoms with Gasteiger partial charge < -0.3 is 0 Å². The summed E-state index contributed by atoms with van der Waals surface area (Å²) in [5.41, 5.74) is 8.04. The van der Waals surface area contributed by atoms with E-state index in [1.165, 1.54) is 54.0 Å². The lowest BCUT2D eigenvalue weighted by Gasteiger charge is -2.50. The van der Waals surface area contributed by atoms with Gasteiger partial charge in [-0.15, -0.1) is 0 Å². The molecule has 0 saturated heterocycles. The van der Waals surface area contributed by atoms with Crippen molar-refractivity contribution >= 4 is 16.3 Å². The Morgan fingerprint density at radius 2 is 1.93 bits per heavy atom. The summed E-state index contributed by atoms with van der Waals surface area (Å²) < 4.78 is 0. The zero-order valence-electron chi connectivity index (χ0n) is 17.5. The van der Waals surface area contributed by atoms with Crippen molar-refractivity contribution in [3.8, 4) is 0 Å². The first-order chi connectivity index (χ1) is 14.1. The lowest BCUT2D eigenvalue weighted by atomic mass is 9.54. The number of allylic oxidation sites excluding steroid dienone is 2. The molecular weight excluding hydrogens is 350 g/mol. The Hall–Kier alpha value is -2.41. The van der Waals surface area contributed by atoms with Gasteiger partial charge in [0, 0.05) is 17.8 Å². The topological polar surface area (TPSA) is 12.9 Å². The maximum atomic E-state index is 4.34. The number of hydrogen-bond acceptors (Lipinski definition) is 1. The van der Waals surface area contributed by atoms with E-state index in [0.29, 0.717) is 5.41 Å². The molecule has 0 radical (unpaired) electrons. The van der Waals surface area contributed by atoms with Crippen molar-refractivity contribution in [2.24, 2.45) is 17.3 Å². The van der Waals surface area contributed by atoms with Gasteiger partial charge >= 0.3 is 0 Å². The van der Waals surface area contributed by atoms with E-state index in [2.05, 4.69) is 67.4 Å². The number of aryl methyl sites for hydroxylation is 2. The molecule has 0 aliphatic heterocycles. The predicted molar refractivity (Wildman–Crippen MR) is 121 cm³/mol. The van der Waals surface area contributed by atoms with Gasteiger partial charge in [-0.2, -0.15) is 0 Å². The van der Waals surface area contributed by atoms with Crippen LogP contribution in [-0.2, 0) is 6.42 Å². The second-order valence-electron chi connectivity index (χ2n) is 9.87. The molecule has 0 N–H and O–H groups in total. The van der Waals surface area contributed by atoms with Crippen LogP contribution in [0.15, 0.2) is 60.9 Å². The molecular formula is C28H29N. The Bertz CT molecular complexity index is 1140. The lowest BCUT2D eigenvalue weighted by molar-refractivity contribution is 0.0886. The van der Waals surface area contributed by atoms with Gasteiger partial charge in [0.2, 0.25) is 0 Å². The maximum absolute atomic E-state index is 4.34. The number of fused-ring (bicyclic) bond motifs is 6. The Balaban J connectivity index is 1.36. The van der Waals surface area contributed by atoms with Crippen molar-refractivity contribution in [3.05, 3.63) is 83.2 Å². The third kappa shape index (κ3) is 2.56. The number of nitrogens with zero attached hydrogens (tertiary/aromatic N) is 1. The highest BCUT2D eigenvalue weighted by Gasteiger charge is 2.51. The Morgan fingerprint density at radius 1 is 1.00 bits per heavy atom. The van der Waals surface area contributed by atoms with Gasteiger partial charge in [0.25, 0.3) is 0 Å². The second kappa shape index (κ2) is 6.29. The quantitative estimate of drug-likeness (QED) is 0.440. The fraction of sp³-hybridized carbons (Fsp3) is 0.393. The summed E-state index contributed by atoms with van der Waals surface area (Å²) >= 11 is 0. The van der Waals surface area contributed by atoms with E-state index in [1.54, 1.807) is 16.7 Å². The fourth-order valence-corrected chi connectivity index (χ4v) is 6.98. The van der Waals surface area contributed by atoms with Crippen molar-refractivity contribution in [3.63, 3.8) is 0 Å². The van der Waals surface area contributed by atoms with E-state index >= 15 is 0 Å². The molecule has 1 nitrogen and oxygen atoms in total. The Kier molecular flexibility index (Phi) is 3.79. The zero-order valence-corrected chi connectivity index (χ0v) is 17.5. The van der Waals surface area contributed by atoms with Crippen molar-refractivity contribution in [2.75, 3.05) is 0 Å². The molecule has 146 valence electrons. The minimum Gasteiger partial charge on any atom is -0.264 e. The van der Waals surface area contributed by atoms with Crippen LogP contribution in [0.4, 0.5) is 0 Å². The van der Waals surface area contributed by atoms with Crippen molar-refractivity contribution in [1.29, 1.82) is 0 Å². The van der Waals surface area contributed by atoms with E-state index in [4.69, 9.17) is 0 Å². The molecule has 1 fully saturated rings. The third-order valence-corrected chi connectivity index (χ3v) is 8.41. The van der Waals surface area contributed by atoms with Crippen LogP contribution >= 0.6 is 0 Å². The summed E-state index contributed by atoms with van der Waals surface area (Å²) in [6.45, 7) is 4.79. The normalized spacial score (nSPS) is 30.4. The van der Waals surface area contributed by atoms with Crippen molar-refractivity contribution in [2.45, 2.75) is 51.9 Å².